The third-order valence-corrected chi connectivity index (χ3v) is 8.50. The van der Waals surface area contributed by atoms with Crippen molar-refractivity contribution in [1.29, 1.82) is 0 Å². The lowest BCUT2D eigenvalue weighted by molar-refractivity contribution is -0.139. The van der Waals surface area contributed by atoms with Crippen molar-refractivity contribution in [3.05, 3.63) is 126 Å². The Balaban J connectivity index is 1.49. The van der Waals surface area contributed by atoms with Gasteiger partial charge in [-0.05, 0) is 60.5 Å². The molecule has 5 aromatic rings. The summed E-state index contributed by atoms with van der Waals surface area (Å²) in [5, 5.41) is 2.17. The molecule has 0 unspecified atom stereocenters. The molecular formula is C33H25ClN2O6S. The average Bonchev–Trinajstić information content (AvgIpc) is 3.60. The number of ether oxygens (including phenoxy) is 2. The van der Waals surface area contributed by atoms with Crippen molar-refractivity contribution in [2.75, 3.05) is 13.7 Å². The number of hydrogen-bond acceptors (Lipinski definition) is 8. The predicted molar refractivity (Wildman–Crippen MR) is 165 cm³/mol. The molecule has 0 fully saturated rings. The van der Waals surface area contributed by atoms with Gasteiger partial charge in [0.2, 0.25) is 0 Å². The number of rotatable bonds is 6. The van der Waals surface area contributed by atoms with Gasteiger partial charge in [-0.3, -0.25) is 9.36 Å². The zero-order valence-corrected chi connectivity index (χ0v) is 25.0. The molecule has 10 heteroatoms. The normalized spacial score (nSPS) is 14.9. The van der Waals surface area contributed by atoms with E-state index in [1.807, 2.05) is 42.5 Å². The second-order valence-electron chi connectivity index (χ2n) is 9.76. The summed E-state index contributed by atoms with van der Waals surface area (Å²) in [5.74, 6) is -0.160. The molecule has 43 heavy (non-hydrogen) atoms. The Bertz CT molecular complexity index is 2130. The third kappa shape index (κ3) is 5.11. The van der Waals surface area contributed by atoms with E-state index in [0.29, 0.717) is 37.7 Å². The Morgan fingerprint density at radius 2 is 1.86 bits per heavy atom. The lowest BCUT2D eigenvalue weighted by atomic mass is 9.91. The monoisotopic (exact) mass is 612 g/mol. The van der Waals surface area contributed by atoms with Gasteiger partial charge in [-0.15, -0.1) is 0 Å². The number of methoxy groups -OCH3 is 1. The number of benzene rings is 3. The van der Waals surface area contributed by atoms with Gasteiger partial charge >= 0.3 is 11.9 Å². The van der Waals surface area contributed by atoms with Gasteiger partial charge in [0.25, 0.3) is 5.56 Å². The molecule has 0 saturated heterocycles. The van der Waals surface area contributed by atoms with Crippen molar-refractivity contribution >= 4 is 51.7 Å². The highest BCUT2D eigenvalue weighted by atomic mass is 35.5. The van der Waals surface area contributed by atoms with Gasteiger partial charge in [0, 0.05) is 11.6 Å². The second kappa shape index (κ2) is 11.5. The average molecular weight is 613 g/mol. The van der Waals surface area contributed by atoms with E-state index in [1.165, 1.54) is 18.4 Å². The zero-order valence-electron chi connectivity index (χ0n) is 23.4. The Labute approximate surface area is 254 Å². The SMILES string of the molecule is CCOC(=O)C1=C(C)N=c2s/c(=C\c3ccc(-c4ccc(Cl)c(C(=O)OC)c4)o3)c(=O)n2[C@H]1c1cccc2ccccc12. The highest BCUT2D eigenvalue weighted by molar-refractivity contribution is 7.07. The first-order chi connectivity index (χ1) is 20.8. The summed E-state index contributed by atoms with van der Waals surface area (Å²) in [6.45, 7) is 3.70. The number of allylic oxidation sites excluding steroid dienone is 1. The van der Waals surface area contributed by atoms with E-state index in [9.17, 15) is 14.4 Å². The van der Waals surface area contributed by atoms with E-state index < -0.39 is 18.0 Å². The summed E-state index contributed by atoms with van der Waals surface area (Å²) in [5.41, 5.74) is 2.14. The van der Waals surface area contributed by atoms with Gasteiger partial charge in [0.05, 0.1) is 46.1 Å². The summed E-state index contributed by atoms with van der Waals surface area (Å²) in [7, 11) is 1.29. The highest BCUT2D eigenvalue weighted by Crippen LogP contribution is 2.35. The number of fused-ring (bicyclic) bond motifs is 2. The number of thiazole rings is 1. The number of halogens is 1. The molecule has 0 amide bonds. The minimum atomic E-state index is -0.735. The Morgan fingerprint density at radius 3 is 2.65 bits per heavy atom. The fraction of sp³-hybridized carbons (Fsp3) is 0.152. The van der Waals surface area contributed by atoms with Crippen LogP contribution in [0.25, 0.3) is 28.2 Å². The molecule has 1 aliphatic rings. The maximum absolute atomic E-state index is 14.0. The van der Waals surface area contributed by atoms with Crippen molar-refractivity contribution in [3.8, 4) is 11.3 Å². The largest absolute Gasteiger partial charge is 0.465 e. The number of carbonyl (C=O) groups is 2. The van der Waals surface area contributed by atoms with Crippen LogP contribution in [0.2, 0.25) is 5.02 Å². The number of hydrogen-bond donors (Lipinski definition) is 0. The maximum atomic E-state index is 14.0. The van der Waals surface area contributed by atoms with Gasteiger partial charge in [0.1, 0.15) is 11.5 Å². The number of esters is 2. The van der Waals surface area contributed by atoms with Crippen LogP contribution < -0.4 is 14.9 Å². The van der Waals surface area contributed by atoms with Crippen LogP contribution in [-0.2, 0) is 14.3 Å². The van der Waals surface area contributed by atoms with Crippen molar-refractivity contribution < 1.29 is 23.5 Å². The molecular weight excluding hydrogens is 588 g/mol. The van der Waals surface area contributed by atoms with Crippen molar-refractivity contribution in [1.82, 2.24) is 4.57 Å². The number of nitrogens with zero attached hydrogens (tertiary/aromatic N) is 2. The lowest BCUT2D eigenvalue weighted by Gasteiger charge is -2.25. The van der Waals surface area contributed by atoms with Crippen molar-refractivity contribution in [2.24, 2.45) is 4.99 Å². The van der Waals surface area contributed by atoms with Gasteiger partial charge in [-0.25, -0.2) is 14.6 Å². The number of carbonyl (C=O) groups excluding carboxylic acids is 2. The summed E-state index contributed by atoms with van der Waals surface area (Å²) in [4.78, 5) is 44.5. The van der Waals surface area contributed by atoms with E-state index in [0.717, 1.165) is 16.3 Å². The molecule has 3 aromatic carbocycles. The maximum Gasteiger partial charge on any atom is 0.339 e. The van der Waals surface area contributed by atoms with Gasteiger partial charge in [-0.1, -0.05) is 65.4 Å². The van der Waals surface area contributed by atoms with Crippen LogP contribution >= 0.6 is 22.9 Å². The molecule has 2 aromatic heterocycles. The molecule has 8 nitrogen and oxygen atoms in total. The van der Waals surface area contributed by atoms with Crippen molar-refractivity contribution in [3.63, 3.8) is 0 Å². The fourth-order valence-corrected chi connectivity index (χ4v) is 6.46. The Hall–Kier alpha value is -4.73. The van der Waals surface area contributed by atoms with E-state index in [4.69, 9.17) is 25.5 Å². The molecule has 0 aliphatic carbocycles. The van der Waals surface area contributed by atoms with Gasteiger partial charge in [-0.2, -0.15) is 0 Å². The Kier molecular flexibility index (Phi) is 7.60. The zero-order chi connectivity index (χ0) is 30.2. The summed E-state index contributed by atoms with van der Waals surface area (Å²) in [6, 6.07) is 21.3. The molecule has 1 atom stereocenters. The molecule has 6 rings (SSSR count). The molecule has 3 heterocycles. The second-order valence-corrected chi connectivity index (χ2v) is 11.2. The smallest absolute Gasteiger partial charge is 0.339 e. The standard InChI is InChI=1S/C33H25ClN2O6S/c1-4-41-32(39)28-18(2)35-33-36(29(28)23-11-7-9-19-8-5-6-10-22(19)23)30(37)27(43-33)17-21-13-15-26(42-21)20-12-14-25(34)24(16-20)31(38)40-3/h5-17,29H,4H2,1-3H3/b27-17-/t29-/m0/s1. The van der Waals surface area contributed by atoms with E-state index in [2.05, 4.69) is 4.99 Å². The molecule has 216 valence electrons. The first-order valence-electron chi connectivity index (χ1n) is 13.5. The van der Waals surface area contributed by atoms with E-state index in [-0.39, 0.29) is 22.8 Å². The van der Waals surface area contributed by atoms with Crippen molar-refractivity contribution in [2.45, 2.75) is 19.9 Å². The van der Waals surface area contributed by atoms with E-state index in [1.54, 1.807) is 54.8 Å². The fourth-order valence-electron chi connectivity index (χ4n) is 5.23. The first-order valence-corrected chi connectivity index (χ1v) is 14.7. The molecule has 0 bridgehead atoms. The molecule has 0 radical (unpaired) electrons. The van der Waals surface area contributed by atoms with Crippen LogP contribution in [0.1, 0.15) is 41.6 Å². The summed E-state index contributed by atoms with van der Waals surface area (Å²) in [6.07, 6.45) is 1.65. The van der Waals surface area contributed by atoms with Crippen LogP contribution in [0, 0.1) is 0 Å². The minimum Gasteiger partial charge on any atom is -0.465 e. The first kappa shape index (κ1) is 28.4. The molecule has 1 aliphatic heterocycles. The van der Waals surface area contributed by atoms with Gasteiger partial charge < -0.3 is 13.9 Å². The van der Waals surface area contributed by atoms with Crippen LogP contribution in [0.5, 0.6) is 0 Å². The van der Waals surface area contributed by atoms with Crippen LogP contribution in [0.3, 0.4) is 0 Å². The number of furan rings is 1. The molecule has 0 N–H and O–H groups in total. The van der Waals surface area contributed by atoms with Gasteiger partial charge in [0.15, 0.2) is 4.80 Å². The minimum absolute atomic E-state index is 0.192. The third-order valence-electron chi connectivity index (χ3n) is 7.19. The summed E-state index contributed by atoms with van der Waals surface area (Å²) >= 11 is 7.38. The Morgan fingerprint density at radius 1 is 1.07 bits per heavy atom. The van der Waals surface area contributed by atoms with Crippen LogP contribution in [0.4, 0.5) is 0 Å². The number of aromatic nitrogens is 1. The van der Waals surface area contributed by atoms with Crippen LogP contribution in [0.15, 0.2) is 98.3 Å². The lowest BCUT2D eigenvalue weighted by Crippen LogP contribution is -2.40. The molecule has 0 spiro atoms. The van der Waals surface area contributed by atoms with Crippen LogP contribution in [-0.4, -0.2) is 30.2 Å². The highest BCUT2D eigenvalue weighted by Gasteiger charge is 2.34. The quantitative estimate of drug-likeness (QED) is 0.230. The predicted octanol–water partition coefficient (Wildman–Crippen LogP) is 5.65. The van der Waals surface area contributed by atoms with E-state index >= 15 is 0 Å². The molecule has 0 saturated carbocycles. The topological polar surface area (TPSA) is 100 Å². The summed E-state index contributed by atoms with van der Waals surface area (Å²) < 4.78 is 18.2.